The minimum atomic E-state index is -4.02. The van der Waals surface area contributed by atoms with Gasteiger partial charge >= 0.3 is 0 Å². The van der Waals surface area contributed by atoms with Crippen LogP contribution >= 0.6 is 11.8 Å². The van der Waals surface area contributed by atoms with E-state index in [2.05, 4.69) is 5.32 Å². The van der Waals surface area contributed by atoms with Crippen LogP contribution in [0.4, 0.5) is 0 Å². The zero-order valence-corrected chi connectivity index (χ0v) is 21.9. The number of amides is 1. The molecule has 4 rings (SSSR count). The Kier molecular flexibility index (Phi) is 8.47. The molecule has 0 saturated carbocycles. The van der Waals surface area contributed by atoms with Crippen LogP contribution in [0.3, 0.4) is 0 Å². The van der Waals surface area contributed by atoms with Gasteiger partial charge in [-0.2, -0.15) is 8.61 Å². The van der Waals surface area contributed by atoms with E-state index in [0.717, 1.165) is 9.20 Å². The fraction of sp³-hybridized carbons (Fsp3) is 0.240. The average molecular weight is 546 g/mol. The second kappa shape index (κ2) is 11.6. The van der Waals surface area contributed by atoms with Crippen molar-refractivity contribution < 1.29 is 21.6 Å². The molecule has 1 heterocycles. The molecular formula is C25H27N3O5S3. The van der Waals surface area contributed by atoms with Crippen LogP contribution in [0.2, 0.25) is 0 Å². The van der Waals surface area contributed by atoms with Crippen LogP contribution in [0.15, 0.2) is 106 Å². The molecule has 0 unspecified atom stereocenters. The van der Waals surface area contributed by atoms with E-state index in [9.17, 15) is 21.6 Å². The molecule has 3 aromatic carbocycles. The van der Waals surface area contributed by atoms with Gasteiger partial charge in [-0.25, -0.2) is 16.8 Å². The van der Waals surface area contributed by atoms with Crippen LogP contribution in [0.5, 0.6) is 0 Å². The molecule has 1 fully saturated rings. The van der Waals surface area contributed by atoms with Crippen molar-refractivity contribution in [2.75, 3.05) is 31.9 Å². The minimum absolute atomic E-state index is 0.0572. The predicted molar refractivity (Wildman–Crippen MR) is 139 cm³/mol. The molecule has 3 aromatic rings. The zero-order valence-electron chi connectivity index (χ0n) is 19.4. The Hall–Kier alpha value is -2.70. The van der Waals surface area contributed by atoms with Crippen molar-refractivity contribution in [3.8, 4) is 0 Å². The smallest absolute Gasteiger partial charge is 0.243 e. The second-order valence-electron chi connectivity index (χ2n) is 8.07. The number of carbonyl (C=O) groups is 1. The summed E-state index contributed by atoms with van der Waals surface area (Å²) >= 11 is 1.56. The number of thioether (sulfide) groups is 1. The molecule has 190 valence electrons. The van der Waals surface area contributed by atoms with Crippen molar-refractivity contribution in [2.45, 2.75) is 20.7 Å². The van der Waals surface area contributed by atoms with Gasteiger partial charge in [0, 0.05) is 36.8 Å². The molecule has 1 aliphatic heterocycles. The first-order valence-electron chi connectivity index (χ1n) is 11.4. The third-order valence-electron chi connectivity index (χ3n) is 5.74. The first kappa shape index (κ1) is 26.4. The molecule has 0 aliphatic carbocycles. The van der Waals surface area contributed by atoms with Crippen molar-refractivity contribution in [3.63, 3.8) is 0 Å². The fourth-order valence-electron chi connectivity index (χ4n) is 3.91. The van der Waals surface area contributed by atoms with Crippen LogP contribution < -0.4 is 5.32 Å². The molecule has 1 aliphatic rings. The summed E-state index contributed by atoms with van der Waals surface area (Å²) in [7, 11) is -7.91. The number of benzene rings is 3. The molecule has 0 spiro atoms. The third-order valence-corrected chi connectivity index (χ3v) is 10.6. The molecule has 1 saturated heterocycles. The van der Waals surface area contributed by atoms with Crippen molar-refractivity contribution in [1.29, 1.82) is 0 Å². The lowest BCUT2D eigenvalue weighted by Gasteiger charge is -2.38. The predicted octanol–water partition coefficient (Wildman–Crippen LogP) is 2.66. The SMILES string of the molecule is O=C(NCCSc1ccccc1)[C@@H]1CN(S(=O)(=O)c2ccccc2)CCN1S(=O)(=O)c1ccccc1. The van der Waals surface area contributed by atoms with Crippen LogP contribution in [-0.2, 0) is 24.8 Å². The minimum Gasteiger partial charge on any atom is -0.354 e. The summed E-state index contributed by atoms with van der Waals surface area (Å²) in [6.07, 6.45) is 0. The van der Waals surface area contributed by atoms with Crippen molar-refractivity contribution in [2.24, 2.45) is 0 Å². The quantitative estimate of drug-likeness (QED) is 0.328. The Balaban J connectivity index is 1.54. The van der Waals surface area contributed by atoms with Gasteiger partial charge < -0.3 is 5.32 Å². The van der Waals surface area contributed by atoms with Gasteiger partial charge in [0.25, 0.3) is 0 Å². The number of nitrogens with zero attached hydrogens (tertiary/aromatic N) is 2. The normalized spacial score (nSPS) is 17.5. The van der Waals surface area contributed by atoms with E-state index in [1.54, 1.807) is 48.2 Å². The van der Waals surface area contributed by atoms with E-state index in [0.29, 0.717) is 12.3 Å². The van der Waals surface area contributed by atoms with Gasteiger partial charge in [-0.05, 0) is 36.4 Å². The Morgan fingerprint density at radius 1 is 0.778 bits per heavy atom. The first-order valence-corrected chi connectivity index (χ1v) is 15.2. The van der Waals surface area contributed by atoms with Gasteiger partial charge in [-0.15, -0.1) is 11.8 Å². The molecule has 0 bridgehead atoms. The number of hydrogen-bond acceptors (Lipinski definition) is 6. The Labute approximate surface area is 216 Å². The lowest BCUT2D eigenvalue weighted by molar-refractivity contribution is -0.125. The molecule has 1 atom stereocenters. The number of piperazine rings is 1. The number of carbonyl (C=O) groups excluding carboxylic acids is 1. The van der Waals surface area contributed by atoms with Gasteiger partial charge in [-0.3, -0.25) is 4.79 Å². The highest BCUT2D eigenvalue weighted by Gasteiger charge is 2.43. The largest absolute Gasteiger partial charge is 0.354 e. The number of rotatable bonds is 9. The highest BCUT2D eigenvalue weighted by atomic mass is 32.2. The maximum absolute atomic E-state index is 13.4. The molecule has 0 radical (unpaired) electrons. The van der Waals surface area contributed by atoms with Crippen LogP contribution in [0.1, 0.15) is 0 Å². The maximum Gasteiger partial charge on any atom is 0.243 e. The molecule has 1 amide bonds. The lowest BCUT2D eigenvalue weighted by atomic mass is 10.2. The topological polar surface area (TPSA) is 104 Å². The van der Waals surface area contributed by atoms with Gasteiger partial charge in [0.1, 0.15) is 6.04 Å². The summed E-state index contributed by atoms with van der Waals surface area (Å²) in [6.45, 7) is -0.169. The van der Waals surface area contributed by atoms with Gasteiger partial charge in [0.05, 0.1) is 9.79 Å². The summed E-state index contributed by atoms with van der Waals surface area (Å²) in [5, 5.41) is 2.80. The van der Waals surface area contributed by atoms with Crippen LogP contribution in [0, 0.1) is 0 Å². The summed E-state index contributed by atoms with van der Waals surface area (Å²) in [4.78, 5) is 14.5. The Morgan fingerprint density at radius 3 is 1.89 bits per heavy atom. The van der Waals surface area contributed by atoms with Crippen molar-refractivity contribution >= 4 is 37.7 Å². The molecule has 1 N–H and O–H groups in total. The highest BCUT2D eigenvalue weighted by molar-refractivity contribution is 7.99. The number of sulfonamides is 2. The van der Waals surface area contributed by atoms with Gasteiger partial charge in [0.15, 0.2) is 0 Å². The standard InChI is InChI=1S/C25H27N3O5S3/c29-25(26-16-19-34-21-10-4-1-5-11-21)24-20-27(35(30,31)22-12-6-2-7-13-22)17-18-28(24)36(32,33)23-14-8-3-9-15-23/h1-15,24H,16-20H2,(H,26,29)/t24-/m0/s1. The monoisotopic (exact) mass is 545 g/mol. The van der Waals surface area contributed by atoms with E-state index in [1.807, 2.05) is 30.3 Å². The Bertz CT molecular complexity index is 1370. The summed E-state index contributed by atoms with van der Waals surface area (Å²) in [6, 6.07) is 24.3. The molecule has 0 aromatic heterocycles. The van der Waals surface area contributed by atoms with Gasteiger partial charge in [0.2, 0.25) is 26.0 Å². The highest BCUT2D eigenvalue weighted by Crippen LogP contribution is 2.25. The molecule has 8 nitrogen and oxygen atoms in total. The summed E-state index contributed by atoms with van der Waals surface area (Å²) < 4.78 is 55.6. The van der Waals surface area contributed by atoms with Crippen molar-refractivity contribution in [3.05, 3.63) is 91.0 Å². The summed E-state index contributed by atoms with van der Waals surface area (Å²) in [5.74, 6) is 0.0519. The number of hydrogen-bond donors (Lipinski definition) is 1. The van der Waals surface area contributed by atoms with E-state index < -0.39 is 32.0 Å². The molecular weight excluding hydrogens is 518 g/mol. The second-order valence-corrected chi connectivity index (χ2v) is 13.1. The zero-order chi connectivity index (χ0) is 25.6. The summed E-state index contributed by atoms with van der Waals surface area (Å²) in [5.41, 5.74) is 0. The van der Waals surface area contributed by atoms with E-state index >= 15 is 0 Å². The Morgan fingerprint density at radius 2 is 1.31 bits per heavy atom. The fourth-order valence-corrected chi connectivity index (χ4v) is 7.75. The first-order chi connectivity index (χ1) is 17.3. The van der Waals surface area contributed by atoms with Crippen LogP contribution in [0.25, 0.3) is 0 Å². The van der Waals surface area contributed by atoms with E-state index in [-0.39, 0.29) is 29.4 Å². The molecule has 36 heavy (non-hydrogen) atoms. The third kappa shape index (κ3) is 5.98. The van der Waals surface area contributed by atoms with Gasteiger partial charge in [-0.1, -0.05) is 54.6 Å². The van der Waals surface area contributed by atoms with Crippen LogP contribution in [-0.4, -0.2) is 69.3 Å². The van der Waals surface area contributed by atoms with E-state index in [4.69, 9.17) is 0 Å². The van der Waals surface area contributed by atoms with Crippen molar-refractivity contribution in [1.82, 2.24) is 13.9 Å². The average Bonchev–Trinajstić information content (AvgIpc) is 2.92. The lowest BCUT2D eigenvalue weighted by Crippen LogP contribution is -2.61. The maximum atomic E-state index is 13.4. The van der Waals surface area contributed by atoms with E-state index in [1.165, 1.54) is 28.6 Å². The number of nitrogens with one attached hydrogen (secondary N) is 1. The molecule has 11 heteroatoms.